The molecule has 0 aliphatic heterocycles. The second-order valence-corrected chi connectivity index (χ2v) is 7.64. The Balaban J connectivity index is 1.56. The maximum absolute atomic E-state index is 14.6. The minimum atomic E-state index is -1.72. The molecule has 2 heterocycles. The first-order valence-corrected chi connectivity index (χ1v) is 10.1. The first-order valence-electron chi connectivity index (χ1n) is 10.1. The largest absolute Gasteiger partial charge is 0.383 e. The minimum Gasteiger partial charge on any atom is -0.383 e. The Bertz CT molecular complexity index is 1250. The van der Waals surface area contributed by atoms with Crippen LogP contribution in [0.2, 0.25) is 0 Å². The van der Waals surface area contributed by atoms with Crippen LogP contribution in [-0.2, 0) is 12.1 Å². The van der Waals surface area contributed by atoms with Crippen molar-refractivity contribution in [3.8, 4) is 5.69 Å². The Labute approximate surface area is 187 Å². The van der Waals surface area contributed by atoms with E-state index in [2.05, 4.69) is 25.6 Å². The van der Waals surface area contributed by atoms with Gasteiger partial charge in [-0.15, -0.1) is 5.10 Å². The highest BCUT2D eigenvalue weighted by molar-refractivity contribution is 5.52. The van der Waals surface area contributed by atoms with Gasteiger partial charge < -0.3 is 5.11 Å². The van der Waals surface area contributed by atoms with E-state index in [4.69, 9.17) is 0 Å². The van der Waals surface area contributed by atoms with Gasteiger partial charge in [0, 0.05) is 23.3 Å². The third-order valence-electron chi connectivity index (χ3n) is 5.47. The molecule has 0 aliphatic rings. The van der Waals surface area contributed by atoms with Crippen molar-refractivity contribution in [3.05, 3.63) is 90.0 Å². The fourth-order valence-corrected chi connectivity index (χ4v) is 3.58. The van der Waals surface area contributed by atoms with Gasteiger partial charge >= 0.3 is 0 Å². The van der Waals surface area contributed by atoms with Crippen molar-refractivity contribution < 1.29 is 18.3 Å². The third kappa shape index (κ3) is 4.82. The van der Waals surface area contributed by atoms with Crippen molar-refractivity contribution in [2.75, 3.05) is 0 Å². The van der Waals surface area contributed by atoms with E-state index in [9.17, 15) is 18.3 Å². The highest BCUT2D eigenvalue weighted by atomic mass is 19.1. The number of halogens is 3. The van der Waals surface area contributed by atoms with E-state index < -0.39 is 29.0 Å². The fraction of sp³-hybridized carbons (Fsp3) is 0.227. The van der Waals surface area contributed by atoms with Crippen LogP contribution in [0.25, 0.3) is 11.8 Å². The number of nitrogens with zero attached hydrogens (tertiary/aromatic N) is 7. The van der Waals surface area contributed by atoms with Gasteiger partial charge in [0.05, 0.1) is 12.2 Å². The first kappa shape index (κ1) is 22.3. The molecule has 1 N–H and O–H groups in total. The molecule has 0 amide bonds. The smallest absolute Gasteiger partial charge is 0.143 e. The van der Waals surface area contributed by atoms with Gasteiger partial charge in [0.2, 0.25) is 0 Å². The number of aliphatic hydroxyl groups is 1. The first-order chi connectivity index (χ1) is 15.9. The molecule has 0 saturated carbocycles. The highest BCUT2D eigenvalue weighted by Gasteiger charge is 2.38. The van der Waals surface area contributed by atoms with E-state index in [0.717, 1.165) is 12.1 Å². The maximum atomic E-state index is 14.6. The molecule has 4 aromatic rings. The summed E-state index contributed by atoms with van der Waals surface area (Å²) in [7, 11) is 0. The molecule has 2 atom stereocenters. The number of allylic oxidation sites excluding steroid dienone is 1. The average Bonchev–Trinajstić information content (AvgIpc) is 3.49. The third-order valence-corrected chi connectivity index (χ3v) is 5.47. The molecule has 0 spiro atoms. The molecule has 2 aromatic heterocycles. The second-order valence-electron chi connectivity index (χ2n) is 7.64. The van der Waals surface area contributed by atoms with Gasteiger partial charge in [0.15, 0.2) is 0 Å². The van der Waals surface area contributed by atoms with Crippen LogP contribution in [0, 0.1) is 23.4 Å². The van der Waals surface area contributed by atoms with Crippen molar-refractivity contribution in [1.82, 2.24) is 35.0 Å². The van der Waals surface area contributed by atoms with Gasteiger partial charge in [0.1, 0.15) is 42.0 Å². The molecule has 170 valence electrons. The quantitative estimate of drug-likeness (QED) is 0.438. The second kappa shape index (κ2) is 9.33. The molecule has 4 rings (SSSR count). The molecule has 2 aromatic carbocycles. The summed E-state index contributed by atoms with van der Waals surface area (Å²) in [4.78, 5) is 3.85. The number of tetrazole rings is 1. The zero-order chi connectivity index (χ0) is 23.4. The van der Waals surface area contributed by atoms with Crippen molar-refractivity contribution in [3.63, 3.8) is 0 Å². The van der Waals surface area contributed by atoms with Crippen molar-refractivity contribution in [1.29, 1.82) is 0 Å². The van der Waals surface area contributed by atoms with Crippen LogP contribution in [0.5, 0.6) is 0 Å². The van der Waals surface area contributed by atoms with Crippen molar-refractivity contribution in [2.45, 2.75) is 25.5 Å². The topological polar surface area (TPSA) is 94.5 Å². The summed E-state index contributed by atoms with van der Waals surface area (Å²) in [5, 5.41) is 26.3. The van der Waals surface area contributed by atoms with Crippen LogP contribution in [0.3, 0.4) is 0 Å². The van der Waals surface area contributed by atoms with E-state index >= 15 is 0 Å². The summed E-state index contributed by atoms with van der Waals surface area (Å²) in [5.74, 6) is -2.62. The summed E-state index contributed by atoms with van der Waals surface area (Å²) < 4.78 is 45.3. The van der Waals surface area contributed by atoms with Gasteiger partial charge in [-0.25, -0.2) is 27.5 Å². The van der Waals surface area contributed by atoms with Crippen LogP contribution in [0.4, 0.5) is 13.2 Å². The Morgan fingerprint density at radius 1 is 1.09 bits per heavy atom. The van der Waals surface area contributed by atoms with Crippen molar-refractivity contribution >= 4 is 6.08 Å². The normalized spacial score (nSPS) is 14.5. The van der Waals surface area contributed by atoms with E-state index in [0.29, 0.717) is 11.3 Å². The molecule has 33 heavy (non-hydrogen) atoms. The molecule has 0 radical (unpaired) electrons. The number of hydrogen-bond donors (Lipinski definition) is 1. The minimum absolute atomic E-state index is 0.0581. The van der Waals surface area contributed by atoms with Gasteiger partial charge in [-0.1, -0.05) is 25.1 Å². The number of hydrogen-bond acceptors (Lipinski definition) is 6. The zero-order valence-corrected chi connectivity index (χ0v) is 17.6. The van der Waals surface area contributed by atoms with Crippen molar-refractivity contribution in [2.24, 2.45) is 5.92 Å². The lowest BCUT2D eigenvalue weighted by molar-refractivity contribution is -0.0379. The molecule has 0 bridgehead atoms. The van der Waals surface area contributed by atoms with Crippen LogP contribution in [0.15, 0.2) is 61.5 Å². The SMILES string of the molecule is C[C@@H](C/C=C/c1ccc(-n2cnnn2)cc1F)[C@](O)(Cn1cncn1)c1ccc(F)cc1F. The summed E-state index contributed by atoms with van der Waals surface area (Å²) in [6.07, 6.45) is 7.59. The lowest BCUT2D eigenvalue weighted by atomic mass is 9.80. The van der Waals surface area contributed by atoms with E-state index in [1.807, 2.05) is 0 Å². The van der Waals surface area contributed by atoms with E-state index in [1.165, 1.54) is 40.5 Å². The van der Waals surface area contributed by atoms with Crippen LogP contribution in [-0.4, -0.2) is 40.1 Å². The molecule has 0 aliphatic carbocycles. The fourth-order valence-electron chi connectivity index (χ4n) is 3.58. The lowest BCUT2D eigenvalue weighted by Crippen LogP contribution is -2.39. The molecule has 8 nitrogen and oxygen atoms in total. The summed E-state index contributed by atoms with van der Waals surface area (Å²) >= 11 is 0. The average molecular weight is 455 g/mol. The molecule has 11 heteroatoms. The Kier molecular flexibility index (Phi) is 6.31. The molecule has 0 unspecified atom stereocenters. The zero-order valence-electron chi connectivity index (χ0n) is 17.6. The monoisotopic (exact) mass is 455 g/mol. The van der Waals surface area contributed by atoms with E-state index in [1.54, 1.807) is 31.2 Å². The molecular formula is C22H20F3N7O. The maximum Gasteiger partial charge on any atom is 0.143 e. The van der Waals surface area contributed by atoms with Gasteiger partial charge in [-0.2, -0.15) is 5.10 Å². The molecule has 0 fully saturated rings. The summed E-state index contributed by atoms with van der Waals surface area (Å²) in [6.45, 7) is 1.63. The van der Waals surface area contributed by atoms with Gasteiger partial charge in [0.25, 0.3) is 0 Å². The molecular weight excluding hydrogens is 435 g/mol. The predicted molar refractivity (Wildman–Crippen MR) is 112 cm³/mol. The van der Waals surface area contributed by atoms with Gasteiger partial charge in [-0.05, 0) is 41.0 Å². The standard InChI is InChI=1S/C22H20F3N7O/c1-15(3-2-4-16-5-7-18(10-20(16)24)32-14-27-29-30-32)22(33,11-31-13-26-12-28-31)19-8-6-17(23)9-21(19)25/h2,4-10,12-15,33H,3,11H2,1H3/b4-2+/t15-,22+/m0/s1. The molecule has 0 saturated heterocycles. The predicted octanol–water partition coefficient (Wildman–Crippen LogP) is 3.30. The van der Waals surface area contributed by atoms with Crippen LogP contribution < -0.4 is 0 Å². The Morgan fingerprint density at radius 3 is 2.61 bits per heavy atom. The number of rotatable bonds is 8. The van der Waals surface area contributed by atoms with Crippen LogP contribution in [0.1, 0.15) is 24.5 Å². The number of aromatic nitrogens is 7. The highest BCUT2D eigenvalue weighted by Crippen LogP contribution is 2.36. The Hall–Kier alpha value is -3.86. The summed E-state index contributed by atoms with van der Waals surface area (Å²) in [6, 6.07) is 7.58. The van der Waals surface area contributed by atoms with E-state index in [-0.39, 0.29) is 18.5 Å². The summed E-state index contributed by atoms with van der Waals surface area (Å²) in [5.41, 5.74) is -0.987. The Morgan fingerprint density at radius 2 is 1.94 bits per heavy atom. The lowest BCUT2D eigenvalue weighted by Gasteiger charge is -2.34. The van der Waals surface area contributed by atoms with Crippen LogP contribution >= 0.6 is 0 Å². The van der Waals surface area contributed by atoms with Gasteiger partial charge in [-0.3, -0.25) is 0 Å². The number of benzene rings is 2.